The number of carbonyl (C=O) groups is 2. The third kappa shape index (κ3) is 3.58. The van der Waals surface area contributed by atoms with E-state index >= 15 is 0 Å². The number of hydrogen-bond donors (Lipinski definition) is 3. The molecule has 2 aromatic rings. The number of amides is 2. The van der Waals surface area contributed by atoms with Crippen molar-refractivity contribution in [1.29, 1.82) is 0 Å². The van der Waals surface area contributed by atoms with Crippen LogP contribution in [-0.4, -0.2) is 39.4 Å². The summed E-state index contributed by atoms with van der Waals surface area (Å²) in [4.78, 5) is 27.5. The average Bonchev–Trinajstić information content (AvgIpc) is 3.26. The maximum Gasteiger partial charge on any atom is 0.425 e. The summed E-state index contributed by atoms with van der Waals surface area (Å²) in [7, 11) is 1.25. The maximum absolute atomic E-state index is 13.4. The minimum absolute atomic E-state index is 0.000354. The molecule has 1 aromatic carbocycles. The molecule has 2 heterocycles. The van der Waals surface area contributed by atoms with Gasteiger partial charge in [0.15, 0.2) is 17.3 Å². The van der Waals surface area contributed by atoms with Gasteiger partial charge in [0.05, 0.1) is 6.42 Å². The fourth-order valence-corrected chi connectivity index (χ4v) is 2.58. The topological polar surface area (TPSA) is 115 Å². The Balaban J connectivity index is 1.67. The van der Waals surface area contributed by atoms with E-state index in [-0.39, 0.29) is 12.4 Å². The number of ether oxygens (including phenoxy) is 2. The minimum atomic E-state index is -5.18. The zero-order valence-corrected chi connectivity index (χ0v) is 14.4. The van der Waals surface area contributed by atoms with E-state index in [1.54, 1.807) is 0 Å². The quantitative estimate of drug-likeness (QED) is 0.653. The standard InChI is InChI=1S/C16H15F3N4O5/c1-23-5-4-20-14(23)15(26,16(17,18)19)7-12(24)21-22-13(25)9-2-3-10-11(6-9)28-8-27-10/h2-6,26H,7-8H2,1H3,(H,21,24)(H,22,25). The lowest BCUT2D eigenvalue weighted by Gasteiger charge is -2.29. The molecule has 1 aliphatic heterocycles. The maximum atomic E-state index is 13.4. The molecule has 12 heteroatoms. The number of aromatic nitrogens is 2. The molecule has 0 fully saturated rings. The van der Waals surface area contributed by atoms with Crippen LogP contribution >= 0.6 is 0 Å². The molecule has 0 bridgehead atoms. The van der Waals surface area contributed by atoms with E-state index in [1.165, 1.54) is 31.4 Å². The van der Waals surface area contributed by atoms with Crippen molar-refractivity contribution in [2.75, 3.05) is 6.79 Å². The van der Waals surface area contributed by atoms with E-state index in [4.69, 9.17) is 9.47 Å². The number of rotatable bonds is 4. The van der Waals surface area contributed by atoms with Crippen LogP contribution in [0.2, 0.25) is 0 Å². The van der Waals surface area contributed by atoms with Gasteiger partial charge < -0.3 is 19.1 Å². The number of hydrogen-bond acceptors (Lipinski definition) is 6. The van der Waals surface area contributed by atoms with E-state index in [2.05, 4.69) is 4.98 Å². The molecule has 9 nitrogen and oxygen atoms in total. The van der Waals surface area contributed by atoms with E-state index in [1.807, 2.05) is 10.9 Å². The molecule has 0 saturated heterocycles. The van der Waals surface area contributed by atoms with Crippen molar-refractivity contribution in [3.05, 3.63) is 42.0 Å². The van der Waals surface area contributed by atoms with Crippen molar-refractivity contribution >= 4 is 11.8 Å². The Morgan fingerprint density at radius 2 is 1.96 bits per heavy atom. The molecule has 150 valence electrons. The number of imidazole rings is 1. The summed E-state index contributed by atoms with van der Waals surface area (Å²) in [6, 6.07) is 4.21. The number of alkyl halides is 3. The number of benzene rings is 1. The fourth-order valence-electron chi connectivity index (χ4n) is 2.58. The Morgan fingerprint density at radius 3 is 2.61 bits per heavy atom. The first-order chi connectivity index (χ1) is 13.1. The van der Waals surface area contributed by atoms with Crippen LogP contribution < -0.4 is 20.3 Å². The Hall–Kier alpha value is -3.28. The van der Waals surface area contributed by atoms with Gasteiger partial charge in [-0.2, -0.15) is 13.2 Å². The van der Waals surface area contributed by atoms with Gasteiger partial charge in [0.2, 0.25) is 18.3 Å². The summed E-state index contributed by atoms with van der Waals surface area (Å²) in [5, 5.41) is 10.1. The monoisotopic (exact) mass is 400 g/mol. The van der Waals surface area contributed by atoms with Gasteiger partial charge in [-0.05, 0) is 18.2 Å². The summed E-state index contributed by atoms with van der Waals surface area (Å²) in [5.41, 5.74) is 0.388. The van der Waals surface area contributed by atoms with Crippen molar-refractivity contribution in [2.24, 2.45) is 7.05 Å². The average molecular weight is 400 g/mol. The molecule has 1 atom stereocenters. The largest absolute Gasteiger partial charge is 0.454 e. The number of halogens is 3. The van der Waals surface area contributed by atoms with Crippen LogP contribution in [0.5, 0.6) is 11.5 Å². The van der Waals surface area contributed by atoms with E-state index in [9.17, 15) is 27.9 Å². The molecular formula is C16H15F3N4O5. The lowest BCUT2D eigenvalue weighted by atomic mass is 9.97. The molecular weight excluding hydrogens is 385 g/mol. The Bertz CT molecular complexity index is 914. The molecule has 2 amide bonds. The summed E-state index contributed by atoms with van der Waals surface area (Å²) >= 11 is 0. The second kappa shape index (κ2) is 7.03. The van der Waals surface area contributed by atoms with Gasteiger partial charge in [0.25, 0.3) is 5.91 Å². The number of fused-ring (bicyclic) bond motifs is 1. The van der Waals surface area contributed by atoms with Gasteiger partial charge in [-0.15, -0.1) is 0 Å². The van der Waals surface area contributed by atoms with E-state index in [0.717, 1.165) is 10.8 Å². The van der Waals surface area contributed by atoms with Crippen LogP contribution in [0, 0.1) is 0 Å². The summed E-state index contributed by atoms with van der Waals surface area (Å²) in [6.07, 6.45) is -4.32. The Kier molecular flexibility index (Phi) is 4.89. The zero-order chi connectivity index (χ0) is 20.5. The summed E-state index contributed by atoms with van der Waals surface area (Å²) in [6.45, 7) is 0.000354. The van der Waals surface area contributed by atoms with Crippen LogP contribution in [0.15, 0.2) is 30.6 Å². The van der Waals surface area contributed by atoms with Crippen molar-refractivity contribution < 1.29 is 37.3 Å². The van der Waals surface area contributed by atoms with Gasteiger partial charge in [0.1, 0.15) is 0 Å². The highest BCUT2D eigenvalue weighted by molar-refractivity contribution is 5.96. The zero-order valence-electron chi connectivity index (χ0n) is 14.4. The third-order valence-corrected chi connectivity index (χ3v) is 4.03. The third-order valence-electron chi connectivity index (χ3n) is 4.03. The van der Waals surface area contributed by atoms with Gasteiger partial charge >= 0.3 is 6.18 Å². The van der Waals surface area contributed by atoms with Crippen molar-refractivity contribution in [1.82, 2.24) is 20.4 Å². The van der Waals surface area contributed by atoms with Crippen LogP contribution in [0.1, 0.15) is 22.6 Å². The number of aliphatic hydroxyl groups is 1. The number of nitrogens with zero attached hydrogens (tertiary/aromatic N) is 2. The Labute approximate surface area is 156 Å². The summed E-state index contributed by atoms with van der Waals surface area (Å²) in [5.74, 6) is -2.06. The molecule has 0 aliphatic carbocycles. The number of hydrazine groups is 1. The second-order valence-corrected chi connectivity index (χ2v) is 5.97. The molecule has 1 aromatic heterocycles. The van der Waals surface area contributed by atoms with Gasteiger partial charge in [-0.25, -0.2) is 4.98 Å². The van der Waals surface area contributed by atoms with Crippen molar-refractivity contribution in [3.63, 3.8) is 0 Å². The minimum Gasteiger partial charge on any atom is -0.454 e. The van der Waals surface area contributed by atoms with Crippen LogP contribution in [0.4, 0.5) is 13.2 Å². The van der Waals surface area contributed by atoms with Crippen molar-refractivity contribution in [3.8, 4) is 11.5 Å². The first-order valence-electron chi connectivity index (χ1n) is 7.87. The summed E-state index contributed by atoms with van der Waals surface area (Å²) < 4.78 is 51.4. The number of carbonyl (C=O) groups excluding carboxylic acids is 2. The highest BCUT2D eigenvalue weighted by Crippen LogP contribution is 2.40. The molecule has 0 saturated carbocycles. The number of nitrogens with one attached hydrogen (secondary N) is 2. The predicted molar refractivity (Wildman–Crippen MR) is 86.0 cm³/mol. The van der Waals surface area contributed by atoms with E-state index < -0.39 is 35.8 Å². The van der Waals surface area contributed by atoms with Crippen molar-refractivity contribution in [2.45, 2.75) is 18.2 Å². The highest BCUT2D eigenvalue weighted by atomic mass is 19.4. The smallest absolute Gasteiger partial charge is 0.425 e. The molecule has 1 aliphatic rings. The molecule has 3 rings (SSSR count). The van der Waals surface area contributed by atoms with Gasteiger partial charge in [-0.3, -0.25) is 20.4 Å². The molecule has 0 spiro atoms. The van der Waals surface area contributed by atoms with Crippen LogP contribution in [0.25, 0.3) is 0 Å². The van der Waals surface area contributed by atoms with Gasteiger partial charge in [0, 0.05) is 25.0 Å². The van der Waals surface area contributed by atoms with E-state index in [0.29, 0.717) is 11.5 Å². The van der Waals surface area contributed by atoms with Gasteiger partial charge in [-0.1, -0.05) is 0 Å². The molecule has 3 N–H and O–H groups in total. The number of aryl methyl sites for hydroxylation is 1. The normalized spacial score (nSPS) is 15.0. The lowest BCUT2D eigenvalue weighted by Crippen LogP contribution is -2.50. The van der Waals surface area contributed by atoms with Crippen LogP contribution in [0.3, 0.4) is 0 Å². The highest BCUT2D eigenvalue weighted by Gasteiger charge is 2.58. The fraction of sp³-hybridized carbons (Fsp3) is 0.312. The molecule has 28 heavy (non-hydrogen) atoms. The SMILES string of the molecule is Cn1ccnc1C(O)(CC(=O)NNC(=O)c1ccc2c(c1)OCO2)C(F)(F)F. The second-order valence-electron chi connectivity index (χ2n) is 5.97. The Morgan fingerprint density at radius 1 is 1.25 bits per heavy atom. The molecule has 1 unspecified atom stereocenters. The lowest BCUT2D eigenvalue weighted by molar-refractivity contribution is -0.271. The first kappa shape index (κ1) is 19.5. The predicted octanol–water partition coefficient (Wildman–Crippen LogP) is 0.750. The molecule has 0 radical (unpaired) electrons. The first-order valence-corrected chi connectivity index (χ1v) is 7.87. The van der Waals surface area contributed by atoms with Crippen LogP contribution in [-0.2, 0) is 17.4 Å².